The Kier molecular flexibility index (Phi) is 3.22. The molecule has 6 heteroatoms. The van der Waals surface area contributed by atoms with Gasteiger partial charge in [0, 0.05) is 24.4 Å². The van der Waals surface area contributed by atoms with Crippen LogP contribution in [0.25, 0.3) is 0 Å². The molecule has 2 rings (SSSR count). The van der Waals surface area contributed by atoms with Crippen molar-refractivity contribution < 1.29 is 4.79 Å². The van der Waals surface area contributed by atoms with Crippen molar-refractivity contribution in [2.75, 3.05) is 18.9 Å². The number of hydrogen-bond acceptors (Lipinski definition) is 5. The van der Waals surface area contributed by atoms with Crippen molar-refractivity contribution >= 4 is 22.4 Å². The van der Waals surface area contributed by atoms with Crippen LogP contribution in [0.4, 0.5) is 5.13 Å². The fourth-order valence-electron chi connectivity index (χ4n) is 1.60. The van der Waals surface area contributed by atoms with E-state index in [1.165, 1.54) is 4.88 Å². The molecule has 0 aliphatic carbocycles. The van der Waals surface area contributed by atoms with Crippen LogP contribution in [-0.4, -0.2) is 35.4 Å². The molecule has 0 radical (unpaired) electrons. The third-order valence-electron chi connectivity index (χ3n) is 2.57. The molecule has 0 spiro atoms. The van der Waals surface area contributed by atoms with Crippen molar-refractivity contribution in [2.24, 2.45) is 5.73 Å². The molecule has 88 valence electrons. The van der Waals surface area contributed by atoms with E-state index in [1.54, 1.807) is 18.3 Å². The number of likely N-dealkylation sites (N-methyl/N-ethyl adjacent to an activating group) is 1. The van der Waals surface area contributed by atoms with Crippen molar-refractivity contribution in [1.82, 2.24) is 9.88 Å². The lowest BCUT2D eigenvalue weighted by Crippen LogP contribution is -2.32. The molecule has 2 heterocycles. The van der Waals surface area contributed by atoms with E-state index in [-0.39, 0.29) is 5.91 Å². The molecule has 0 bridgehead atoms. The van der Waals surface area contributed by atoms with Crippen molar-refractivity contribution in [2.45, 2.75) is 25.9 Å². The SMILES string of the molecule is CC(N)C(=O)Nc1nc2c(s1)CN(C)CC2. The highest BCUT2D eigenvalue weighted by Gasteiger charge is 2.19. The van der Waals surface area contributed by atoms with Gasteiger partial charge in [0.1, 0.15) is 0 Å². The molecule has 16 heavy (non-hydrogen) atoms. The summed E-state index contributed by atoms with van der Waals surface area (Å²) in [6.45, 7) is 3.61. The summed E-state index contributed by atoms with van der Waals surface area (Å²) in [5.74, 6) is -0.181. The summed E-state index contributed by atoms with van der Waals surface area (Å²) in [6.07, 6.45) is 0.955. The summed E-state index contributed by atoms with van der Waals surface area (Å²) < 4.78 is 0. The van der Waals surface area contributed by atoms with E-state index >= 15 is 0 Å². The molecule has 0 saturated carbocycles. The van der Waals surface area contributed by atoms with Gasteiger partial charge >= 0.3 is 0 Å². The van der Waals surface area contributed by atoms with E-state index in [0.29, 0.717) is 5.13 Å². The molecule has 1 aromatic rings. The maximum absolute atomic E-state index is 11.4. The Morgan fingerprint density at radius 3 is 3.12 bits per heavy atom. The van der Waals surface area contributed by atoms with Gasteiger partial charge in [-0.15, -0.1) is 11.3 Å². The number of amides is 1. The highest BCUT2D eigenvalue weighted by Crippen LogP contribution is 2.27. The number of fused-ring (bicyclic) bond motifs is 1. The van der Waals surface area contributed by atoms with Crippen LogP contribution in [0.1, 0.15) is 17.5 Å². The number of nitrogens with one attached hydrogen (secondary N) is 1. The van der Waals surface area contributed by atoms with Crippen LogP contribution in [0.15, 0.2) is 0 Å². The third kappa shape index (κ3) is 2.40. The molecule has 1 atom stereocenters. The minimum atomic E-state index is -0.497. The monoisotopic (exact) mass is 240 g/mol. The number of carbonyl (C=O) groups is 1. The second-order valence-corrected chi connectivity index (χ2v) is 5.24. The van der Waals surface area contributed by atoms with Gasteiger partial charge in [-0.1, -0.05) is 0 Å². The number of anilines is 1. The standard InChI is InChI=1S/C10H16N4OS/c1-6(11)9(15)13-10-12-7-3-4-14(2)5-8(7)16-10/h6H,3-5,11H2,1-2H3,(H,12,13,15). The zero-order valence-corrected chi connectivity index (χ0v) is 10.3. The van der Waals surface area contributed by atoms with Gasteiger partial charge in [0.05, 0.1) is 11.7 Å². The van der Waals surface area contributed by atoms with Gasteiger partial charge in [0.2, 0.25) is 5.91 Å². The molecule has 3 N–H and O–H groups in total. The van der Waals surface area contributed by atoms with Crippen LogP contribution in [-0.2, 0) is 17.8 Å². The zero-order chi connectivity index (χ0) is 11.7. The normalized spacial score (nSPS) is 17.9. The summed E-state index contributed by atoms with van der Waals surface area (Å²) in [7, 11) is 2.09. The molecule has 0 fully saturated rings. The topological polar surface area (TPSA) is 71.2 Å². The summed E-state index contributed by atoms with van der Waals surface area (Å²) in [5.41, 5.74) is 6.60. The van der Waals surface area contributed by atoms with Crippen LogP contribution in [0.3, 0.4) is 0 Å². The Hall–Kier alpha value is -0.980. The van der Waals surface area contributed by atoms with Crippen LogP contribution in [0.2, 0.25) is 0 Å². The first kappa shape index (κ1) is 11.5. The lowest BCUT2D eigenvalue weighted by atomic mass is 10.2. The quantitative estimate of drug-likeness (QED) is 0.786. The van der Waals surface area contributed by atoms with E-state index in [1.807, 2.05) is 0 Å². The summed E-state index contributed by atoms with van der Waals surface area (Å²) in [4.78, 5) is 19.3. The number of nitrogens with two attached hydrogens (primary N) is 1. The molecule has 0 saturated heterocycles. The fraction of sp³-hybridized carbons (Fsp3) is 0.600. The average molecular weight is 240 g/mol. The first-order valence-corrected chi connectivity index (χ1v) is 6.11. The molecular weight excluding hydrogens is 224 g/mol. The van der Waals surface area contributed by atoms with E-state index < -0.39 is 6.04 Å². The number of rotatable bonds is 2. The molecule has 1 amide bonds. The van der Waals surface area contributed by atoms with Gasteiger partial charge in [-0.3, -0.25) is 4.79 Å². The van der Waals surface area contributed by atoms with Gasteiger partial charge in [-0.2, -0.15) is 0 Å². The third-order valence-corrected chi connectivity index (χ3v) is 3.56. The fourth-order valence-corrected chi connectivity index (χ4v) is 2.69. The van der Waals surface area contributed by atoms with E-state index in [0.717, 1.165) is 25.2 Å². The number of hydrogen-bond donors (Lipinski definition) is 2. The van der Waals surface area contributed by atoms with Gasteiger partial charge in [0.15, 0.2) is 5.13 Å². The van der Waals surface area contributed by atoms with Gasteiger partial charge in [0.25, 0.3) is 0 Å². The Morgan fingerprint density at radius 1 is 1.69 bits per heavy atom. The zero-order valence-electron chi connectivity index (χ0n) is 9.49. The van der Waals surface area contributed by atoms with Crippen molar-refractivity contribution in [3.8, 4) is 0 Å². The van der Waals surface area contributed by atoms with Gasteiger partial charge < -0.3 is 16.0 Å². The number of carbonyl (C=O) groups excluding carboxylic acids is 1. The lowest BCUT2D eigenvalue weighted by Gasteiger charge is -2.20. The number of nitrogens with zero attached hydrogens (tertiary/aromatic N) is 2. The molecule has 5 nitrogen and oxygen atoms in total. The summed E-state index contributed by atoms with van der Waals surface area (Å²) >= 11 is 1.54. The molecule has 1 unspecified atom stereocenters. The molecule has 1 aliphatic heterocycles. The largest absolute Gasteiger partial charge is 0.320 e. The molecule has 1 aromatic heterocycles. The van der Waals surface area contributed by atoms with E-state index in [4.69, 9.17) is 5.73 Å². The van der Waals surface area contributed by atoms with Crippen LogP contribution < -0.4 is 11.1 Å². The van der Waals surface area contributed by atoms with Crippen molar-refractivity contribution in [3.05, 3.63) is 10.6 Å². The van der Waals surface area contributed by atoms with Gasteiger partial charge in [-0.25, -0.2) is 4.98 Å². The first-order valence-electron chi connectivity index (χ1n) is 5.30. The summed E-state index contributed by atoms with van der Waals surface area (Å²) in [6, 6.07) is -0.497. The summed E-state index contributed by atoms with van der Waals surface area (Å²) in [5, 5.41) is 3.41. The van der Waals surface area contributed by atoms with Crippen LogP contribution in [0, 0.1) is 0 Å². The second kappa shape index (κ2) is 4.48. The molecular formula is C10H16N4OS. The van der Waals surface area contributed by atoms with Crippen molar-refractivity contribution in [3.63, 3.8) is 0 Å². The first-order chi connectivity index (χ1) is 7.56. The lowest BCUT2D eigenvalue weighted by molar-refractivity contribution is -0.117. The highest BCUT2D eigenvalue weighted by molar-refractivity contribution is 7.15. The molecule has 1 aliphatic rings. The maximum Gasteiger partial charge on any atom is 0.242 e. The van der Waals surface area contributed by atoms with Gasteiger partial charge in [-0.05, 0) is 14.0 Å². The number of thiazole rings is 1. The Bertz CT molecular complexity index is 402. The Labute approximate surface area is 98.7 Å². The minimum Gasteiger partial charge on any atom is -0.320 e. The Balaban J connectivity index is 2.10. The highest BCUT2D eigenvalue weighted by atomic mass is 32.1. The second-order valence-electron chi connectivity index (χ2n) is 4.15. The predicted molar refractivity (Wildman–Crippen MR) is 64.4 cm³/mol. The van der Waals surface area contributed by atoms with Crippen LogP contribution >= 0.6 is 11.3 Å². The molecule has 0 aromatic carbocycles. The Morgan fingerprint density at radius 2 is 2.44 bits per heavy atom. The van der Waals surface area contributed by atoms with E-state index in [2.05, 4.69) is 22.2 Å². The smallest absolute Gasteiger partial charge is 0.242 e. The predicted octanol–water partition coefficient (Wildman–Crippen LogP) is 0.417. The van der Waals surface area contributed by atoms with Crippen LogP contribution in [0.5, 0.6) is 0 Å². The van der Waals surface area contributed by atoms with E-state index in [9.17, 15) is 4.79 Å². The average Bonchev–Trinajstić information content (AvgIpc) is 2.58. The number of aromatic nitrogens is 1. The maximum atomic E-state index is 11.4. The minimum absolute atomic E-state index is 0.181. The van der Waals surface area contributed by atoms with Crippen molar-refractivity contribution in [1.29, 1.82) is 0 Å².